The largest absolute Gasteiger partial charge is 0.384 e. The Morgan fingerprint density at radius 2 is 2.12 bits per heavy atom. The monoisotopic (exact) mass is 294 g/mol. The normalized spacial score (nSPS) is 12.4. The molecular weight excluding hydrogens is 283 g/mol. The number of halogens is 2. The number of ether oxygens (including phenoxy) is 1. The third-order valence-electron chi connectivity index (χ3n) is 2.04. The van der Waals surface area contributed by atoms with Crippen LogP contribution in [0.3, 0.4) is 0 Å². The Morgan fingerprint density at radius 1 is 1.41 bits per heavy atom. The minimum absolute atomic E-state index is 0.0660. The highest BCUT2D eigenvalue weighted by Crippen LogP contribution is 2.21. The second kappa shape index (κ2) is 7.11. The van der Waals surface area contributed by atoms with Gasteiger partial charge in [-0.2, -0.15) is 0 Å². The maximum absolute atomic E-state index is 11.8. The van der Waals surface area contributed by atoms with Gasteiger partial charge < -0.3 is 4.74 Å². The summed E-state index contributed by atoms with van der Waals surface area (Å²) in [5.74, 6) is -0.00365. The van der Waals surface area contributed by atoms with E-state index in [2.05, 4.69) is 0 Å². The van der Waals surface area contributed by atoms with Gasteiger partial charge in [-0.3, -0.25) is 9.00 Å². The van der Waals surface area contributed by atoms with Gasteiger partial charge >= 0.3 is 0 Å². The van der Waals surface area contributed by atoms with Crippen molar-refractivity contribution < 1.29 is 13.7 Å². The van der Waals surface area contributed by atoms with E-state index in [-0.39, 0.29) is 11.5 Å². The third-order valence-corrected chi connectivity index (χ3v) is 3.81. The van der Waals surface area contributed by atoms with Crippen molar-refractivity contribution in [2.45, 2.75) is 0 Å². The SMILES string of the molecule is COCCS(=O)CC(=O)c1cc(Cl)ccc1Cl. The summed E-state index contributed by atoms with van der Waals surface area (Å²) in [5.41, 5.74) is 0.310. The summed E-state index contributed by atoms with van der Waals surface area (Å²) in [6, 6.07) is 4.64. The first-order valence-corrected chi connectivity index (χ1v) is 7.11. The van der Waals surface area contributed by atoms with E-state index < -0.39 is 10.8 Å². The van der Waals surface area contributed by atoms with Crippen LogP contribution in [0.2, 0.25) is 10.0 Å². The number of hydrogen-bond acceptors (Lipinski definition) is 3. The fourth-order valence-corrected chi connectivity index (χ4v) is 2.52. The van der Waals surface area contributed by atoms with Gasteiger partial charge in [-0.05, 0) is 18.2 Å². The van der Waals surface area contributed by atoms with E-state index in [9.17, 15) is 9.00 Å². The van der Waals surface area contributed by atoms with E-state index in [0.717, 1.165) is 0 Å². The maximum atomic E-state index is 11.8. The molecule has 1 atom stereocenters. The quantitative estimate of drug-likeness (QED) is 0.758. The topological polar surface area (TPSA) is 43.4 Å². The number of methoxy groups -OCH3 is 1. The summed E-state index contributed by atoms with van der Waals surface area (Å²) in [7, 11) is 0.279. The summed E-state index contributed by atoms with van der Waals surface area (Å²) in [6.45, 7) is 0.364. The van der Waals surface area contributed by atoms with Crippen LogP contribution in [0.4, 0.5) is 0 Å². The average Bonchev–Trinajstić information content (AvgIpc) is 2.29. The minimum Gasteiger partial charge on any atom is -0.384 e. The highest BCUT2D eigenvalue weighted by Gasteiger charge is 2.14. The highest BCUT2D eigenvalue weighted by molar-refractivity contribution is 7.85. The number of Topliss-reactive ketones (excluding diaryl/α,β-unsaturated/α-hetero) is 1. The molecule has 1 unspecified atom stereocenters. The molecule has 94 valence electrons. The van der Waals surface area contributed by atoms with Crippen LogP contribution in [0, 0.1) is 0 Å². The van der Waals surface area contributed by atoms with Crippen LogP contribution < -0.4 is 0 Å². The molecule has 0 bridgehead atoms. The van der Waals surface area contributed by atoms with E-state index in [4.69, 9.17) is 27.9 Å². The van der Waals surface area contributed by atoms with Crippen LogP contribution in [0.5, 0.6) is 0 Å². The van der Waals surface area contributed by atoms with Crippen molar-refractivity contribution >= 4 is 39.8 Å². The number of rotatable bonds is 6. The Balaban J connectivity index is 2.69. The number of benzene rings is 1. The number of ketones is 1. The molecule has 0 heterocycles. The molecule has 0 saturated carbocycles. The lowest BCUT2D eigenvalue weighted by molar-refractivity contribution is 0.102. The van der Waals surface area contributed by atoms with Crippen molar-refractivity contribution in [3.63, 3.8) is 0 Å². The molecule has 3 nitrogen and oxygen atoms in total. The lowest BCUT2D eigenvalue weighted by Gasteiger charge is -2.04. The fraction of sp³-hybridized carbons (Fsp3) is 0.364. The summed E-state index contributed by atoms with van der Waals surface area (Å²) in [4.78, 5) is 11.8. The Hall–Kier alpha value is -0.420. The smallest absolute Gasteiger partial charge is 0.176 e. The van der Waals surface area contributed by atoms with Gasteiger partial charge in [0.05, 0.1) is 17.4 Å². The maximum Gasteiger partial charge on any atom is 0.176 e. The molecule has 0 aliphatic heterocycles. The molecule has 0 radical (unpaired) electrons. The summed E-state index contributed by atoms with van der Waals surface area (Å²) >= 11 is 11.7. The number of hydrogen-bond donors (Lipinski definition) is 0. The van der Waals surface area contributed by atoms with E-state index >= 15 is 0 Å². The predicted molar refractivity (Wildman–Crippen MR) is 70.5 cm³/mol. The average molecular weight is 295 g/mol. The van der Waals surface area contributed by atoms with Crippen molar-refractivity contribution in [2.75, 3.05) is 25.2 Å². The van der Waals surface area contributed by atoms with Crippen molar-refractivity contribution in [3.8, 4) is 0 Å². The van der Waals surface area contributed by atoms with Gasteiger partial charge in [0.2, 0.25) is 0 Å². The number of carbonyl (C=O) groups is 1. The lowest BCUT2D eigenvalue weighted by atomic mass is 10.1. The molecule has 1 rings (SSSR count). The second-order valence-corrected chi connectivity index (χ2v) is 5.75. The zero-order chi connectivity index (χ0) is 12.8. The van der Waals surface area contributed by atoms with Gasteiger partial charge in [0, 0.05) is 34.2 Å². The zero-order valence-electron chi connectivity index (χ0n) is 9.24. The summed E-state index contributed by atoms with van der Waals surface area (Å²) in [5, 5.41) is 0.753. The van der Waals surface area contributed by atoms with Gasteiger partial charge in [-0.25, -0.2) is 0 Å². The molecule has 0 amide bonds. The van der Waals surface area contributed by atoms with Gasteiger partial charge in [0.15, 0.2) is 5.78 Å². The Morgan fingerprint density at radius 3 is 2.76 bits per heavy atom. The van der Waals surface area contributed by atoms with Gasteiger partial charge in [0.1, 0.15) is 0 Å². The van der Waals surface area contributed by atoms with Crippen molar-refractivity contribution in [1.82, 2.24) is 0 Å². The number of carbonyl (C=O) groups excluding carboxylic acids is 1. The van der Waals surface area contributed by atoms with Gasteiger partial charge in [-0.1, -0.05) is 23.2 Å². The van der Waals surface area contributed by atoms with Crippen molar-refractivity contribution in [2.24, 2.45) is 0 Å². The van der Waals surface area contributed by atoms with Crippen LogP contribution in [-0.2, 0) is 15.5 Å². The zero-order valence-corrected chi connectivity index (χ0v) is 11.6. The van der Waals surface area contributed by atoms with Crippen LogP contribution >= 0.6 is 23.2 Å². The molecule has 0 aliphatic rings. The first kappa shape index (κ1) is 14.6. The van der Waals surface area contributed by atoms with Crippen LogP contribution in [-0.4, -0.2) is 35.2 Å². The molecule has 0 aromatic heterocycles. The molecule has 17 heavy (non-hydrogen) atoms. The molecule has 1 aromatic rings. The van der Waals surface area contributed by atoms with E-state index in [1.165, 1.54) is 13.2 Å². The molecule has 1 aromatic carbocycles. The lowest BCUT2D eigenvalue weighted by Crippen LogP contribution is -2.16. The Labute approximate surface area is 113 Å². The summed E-state index contributed by atoms with van der Waals surface area (Å²) < 4.78 is 16.3. The highest BCUT2D eigenvalue weighted by atomic mass is 35.5. The Kier molecular flexibility index (Phi) is 6.12. The predicted octanol–water partition coefficient (Wildman–Crippen LogP) is 2.57. The third kappa shape index (κ3) is 4.76. The Bertz CT molecular complexity index is 435. The van der Waals surface area contributed by atoms with Crippen molar-refractivity contribution in [1.29, 1.82) is 0 Å². The molecular formula is C11H12Cl2O3S. The standard InChI is InChI=1S/C11H12Cl2O3S/c1-16-4-5-17(15)7-11(14)9-6-8(12)2-3-10(9)13/h2-3,6H,4-5,7H2,1H3. The molecule has 0 aliphatic carbocycles. The van der Waals surface area contributed by atoms with E-state index in [1.807, 2.05) is 0 Å². The summed E-state index contributed by atoms with van der Waals surface area (Å²) in [6.07, 6.45) is 0. The van der Waals surface area contributed by atoms with Gasteiger partial charge in [0.25, 0.3) is 0 Å². The van der Waals surface area contributed by atoms with E-state index in [1.54, 1.807) is 12.1 Å². The van der Waals surface area contributed by atoms with E-state index in [0.29, 0.717) is 28.0 Å². The first-order chi connectivity index (χ1) is 8.04. The van der Waals surface area contributed by atoms with Crippen LogP contribution in [0.15, 0.2) is 18.2 Å². The first-order valence-electron chi connectivity index (χ1n) is 4.86. The second-order valence-electron chi connectivity index (χ2n) is 3.33. The van der Waals surface area contributed by atoms with Crippen molar-refractivity contribution in [3.05, 3.63) is 33.8 Å². The van der Waals surface area contributed by atoms with Crippen LogP contribution in [0.25, 0.3) is 0 Å². The van der Waals surface area contributed by atoms with Gasteiger partial charge in [-0.15, -0.1) is 0 Å². The molecule has 6 heteroatoms. The molecule has 0 saturated heterocycles. The molecule has 0 fully saturated rings. The fourth-order valence-electron chi connectivity index (χ4n) is 1.18. The molecule has 0 spiro atoms. The molecule has 0 N–H and O–H groups in total. The minimum atomic E-state index is -1.24. The van der Waals surface area contributed by atoms with Crippen LogP contribution in [0.1, 0.15) is 10.4 Å².